The normalized spacial score (nSPS) is 23.2. The van der Waals surface area contributed by atoms with Crippen LogP contribution >= 0.6 is 0 Å². The minimum absolute atomic E-state index is 0.0232. The Morgan fingerprint density at radius 2 is 1.88 bits per heavy atom. The first kappa shape index (κ1) is 11.9. The summed E-state index contributed by atoms with van der Waals surface area (Å²) in [5, 5.41) is 2.23. The van der Waals surface area contributed by atoms with Gasteiger partial charge in [0.15, 0.2) is 0 Å². The Bertz CT molecular complexity index is 372. The Balaban J connectivity index is 2.05. The fraction of sp³-hybridized carbons (Fsp3) is 0.727. The van der Waals surface area contributed by atoms with Crippen molar-refractivity contribution in [3.8, 4) is 0 Å². The summed E-state index contributed by atoms with van der Waals surface area (Å²) in [7, 11) is 0. The molecule has 2 fully saturated rings. The lowest BCUT2D eigenvalue weighted by atomic mass is 10.0. The molecule has 1 N–H and O–H groups in total. The maximum Gasteiger partial charge on any atom is 0.325 e. The smallest absolute Gasteiger partial charge is 0.325 e. The summed E-state index contributed by atoms with van der Waals surface area (Å²) >= 11 is 0. The van der Waals surface area contributed by atoms with Crippen LogP contribution in [0.4, 0.5) is 4.79 Å². The van der Waals surface area contributed by atoms with Gasteiger partial charge in [0.1, 0.15) is 12.1 Å². The van der Waals surface area contributed by atoms with Crippen molar-refractivity contribution >= 4 is 17.8 Å². The van der Waals surface area contributed by atoms with E-state index >= 15 is 0 Å². The molecule has 0 aromatic rings. The van der Waals surface area contributed by atoms with Gasteiger partial charge in [-0.1, -0.05) is 0 Å². The molecule has 2 aliphatic rings. The van der Waals surface area contributed by atoms with Gasteiger partial charge in [-0.3, -0.25) is 14.9 Å². The molecule has 2 heterocycles. The van der Waals surface area contributed by atoms with Crippen molar-refractivity contribution in [2.24, 2.45) is 0 Å². The standard InChI is InChI=1S/C11H17N3O3/c1-11(2)9(16)12-10(17)14(11)7-8(15)13-5-3-4-6-13/h3-7H2,1-2H3,(H,12,16,17). The lowest BCUT2D eigenvalue weighted by Gasteiger charge is -2.28. The molecule has 0 aromatic carbocycles. The Labute approximate surface area is 99.9 Å². The van der Waals surface area contributed by atoms with E-state index in [1.54, 1.807) is 18.7 Å². The number of nitrogens with zero attached hydrogens (tertiary/aromatic N) is 2. The number of imide groups is 1. The third-order valence-corrected chi connectivity index (χ3v) is 3.45. The van der Waals surface area contributed by atoms with Crippen LogP contribution in [0.15, 0.2) is 0 Å². The van der Waals surface area contributed by atoms with Crippen LogP contribution in [-0.4, -0.2) is 52.8 Å². The maximum absolute atomic E-state index is 11.9. The summed E-state index contributed by atoms with van der Waals surface area (Å²) in [4.78, 5) is 38.1. The molecule has 94 valence electrons. The average molecular weight is 239 g/mol. The highest BCUT2D eigenvalue weighted by atomic mass is 16.2. The Morgan fingerprint density at radius 3 is 2.35 bits per heavy atom. The highest BCUT2D eigenvalue weighted by Gasteiger charge is 2.46. The second-order valence-corrected chi connectivity index (χ2v) is 4.99. The van der Waals surface area contributed by atoms with Crippen LogP contribution in [0.2, 0.25) is 0 Å². The molecule has 6 nitrogen and oxygen atoms in total. The molecule has 0 aromatic heterocycles. The van der Waals surface area contributed by atoms with Crippen molar-refractivity contribution < 1.29 is 14.4 Å². The third kappa shape index (κ3) is 1.99. The summed E-state index contributed by atoms with van der Waals surface area (Å²) in [6.07, 6.45) is 2.03. The van der Waals surface area contributed by atoms with Crippen LogP contribution in [0.3, 0.4) is 0 Å². The van der Waals surface area contributed by atoms with Gasteiger partial charge in [0.25, 0.3) is 5.91 Å². The first-order valence-electron chi connectivity index (χ1n) is 5.84. The van der Waals surface area contributed by atoms with Gasteiger partial charge in [0, 0.05) is 13.1 Å². The van der Waals surface area contributed by atoms with E-state index < -0.39 is 11.6 Å². The van der Waals surface area contributed by atoms with Gasteiger partial charge in [-0.15, -0.1) is 0 Å². The third-order valence-electron chi connectivity index (χ3n) is 3.45. The van der Waals surface area contributed by atoms with E-state index in [0.717, 1.165) is 25.9 Å². The minimum atomic E-state index is -0.938. The van der Waals surface area contributed by atoms with E-state index in [0.29, 0.717) is 0 Å². The molecule has 2 aliphatic heterocycles. The molecule has 0 aliphatic carbocycles. The van der Waals surface area contributed by atoms with Crippen LogP contribution in [0.1, 0.15) is 26.7 Å². The van der Waals surface area contributed by atoms with E-state index in [4.69, 9.17) is 0 Å². The second kappa shape index (κ2) is 4.01. The minimum Gasteiger partial charge on any atom is -0.341 e. The highest BCUT2D eigenvalue weighted by Crippen LogP contribution is 2.21. The molecule has 0 atom stereocenters. The fourth-order valence-electron chi connectivity index (χ4n) is 2.17. The number of hydrogen-bond donors (Lipinski definition) is 1. The van der Waals surface area contributed by atoms with Gasteiger partial charge < -0.3 is 9.80 Å². The molecule has 0 unspecified atom stereocenters. The molecular weight excluding hydrogens is 222 g/mol. The van der Waals surface area contributed by atoms with Gasteiger partial charge in [-0.25, -0.2) is 4.79 Å². The van der Waals surface area contributed by atoms with Crippen molar-refractivity contribution in [1.82, 2.24) is 15.1 Å². The zero-order chi connectivity index (χ0) is 12.6. The van der Waals surface area contributed by atoms with Gasteiger partial charge in [-0.05, 0) is 26.7 Å². The van der Waals surface area contributed by atoms with Crippen molar-refractivity contribution in [2.75, 3.05) is 19.6 Å². The van der Waals surface area contributed by atoms with E-state index in [-0.39, 0.29) is 18.4 Å². The van der Waals surface area contributed by atoms with Crippen LogP contribution in [-0.2, 0) is 9.59 Å². The van der Waals surface area contributed by atoms with Crippen molar-refractivity contribution in [2.45, 2.75) is 32.2 Å². The lowest BCUT2D eigenvalue weighted by Crippen LogP contribution is -2.49. The highest BCUT2D eigenvalue weighted by molar-refractivity contribution is 6.07. The van der Waals surface area contributed by atoms with Crippen LogP contribution < -0.4 is 5.32 Å². The predicted octanol–water partition coefficient (Wildman–Crippen LogP) is -0.0608. The molecule has 6 heteroatoms. The van der Waals surface area contributed by atoms with Crippen molar-refractivity contribution in [1.29, 1.82) is 0 Å². The first-order chi connectivity index (χ1) is 7.93. The number of nitrogens with one attached hydrogen (secondary N) is 1. The molecule has 0 radical (unpaired) electrons. The molecule has 0 bridgehead atoms. The maximum atomic E-state index is 11.9. The lowest BCUT2D eigenvalue weighted by molar-refractivity contribution is -0.132. The first-order valence-corrected chi connectivity index (χ1v) is 5.84. The topological polar surface area (TPSA) is 69.7 Å². The summed E-state index contributed by atoms with van der Waals surface area (Å²) in [5.74, 6) is -0.433. The number of urea groups is 1. The molecule has 17 heavy (non-hydrogen) atoms. The van der Waals surface area contributed by atoms with E-state index in [2.05, 4.69) is 5.32 Å². The van der Waals surface area contributed by atoms with Crippen molar-refractivity contribution in [3.63, 3.8) is 0 Å². The molecule has 4 amide bonds. The molecule has 2 saturated heterocycles. The predicted molar refractivity (Wildman–Crippen MR) is 60.1 cm³/mol. The van der Waals surface area contributed by atoms with E-state index in [9.17, 15) is 14.4 Å². The zero-order valence-corrected chi connectivity index (χ0v) is 10.2. The Morgan fingerprint density at radius 1 is 1.29 bits per heavy atom. The number of rotatable bonds is 2. The van der Waals surface area contributed by atoms with Gasteiger partial charge in [0.05, 0.1) is 0 Å². The summed E-state index contributed by atoms with van der Waals surface area (Å²) in [6.45, 7) is 4.77. The van der Waals surface area contributed by atoms with Gasteiger partial charge in [-0.2, -0.15) is 0 Å². The zero-order valence-electron chi connectivity index (χ0n) is 10.2. The van der Waals surface area contributed by atoms with Crippen LogP contribution in [0.5, 0.6) is 0 Å². The van der Waals surface area contributed by atoms with Gasteiger partial charge in [0.2, 0.25) is 5.91 Å². The Kier molecular flexibility index (Phi) is 2.81. The molecular formula is C11H17N3O3. The largest absolute Gasteiger partial charge is 0.341 e. The van der Waals surface area contributed by atoms with Crippen LogP contribution in [0, 0.1) is 0 Å². The quantitative estimate of drug-likeness (QED) is 0.686. The molecule has 0 saturated carbocycles. The second-order valence-electron chi connectivity index (χ2n) is 4.99. The van der Waals surface area contributed by atoms with E-state index in [1.807, 2.05) is 0 Å². The number of carbonyl (C=O) groups is 3. The van der Waals surface area contributed by atoms with E-state index in [1.165, 1.54) is 4.90 Å². The molecule has 2 rings (SSSR count). The summed E-state index contributed by atoms with van der Waals surface area (Å²) in [5.41, 5.74) is -0.938. The van der Waals surface area contributed by atoms with Gasteiger partial charge >= 0.3 is 6.03 Å². The summed E-state index contributed by atoms with van der Waals surface area (Å²) < 4.78 is 0. The van der Waals surface area contributed by atoms with Crippen LogP contribution in [0.25, 0.3) is 0 Å². The number of hydrogen-bond acceptors (Lipinski definition) is 3. The van der Waals surface area contributed by atoms with Crippen molar-refractivity contribution in [3.05, 3.63) is 0 Å². The number of carbonyl (C=O) groups excluding carboxylic acids is 3. The average Bonchev–Trinajstić information content (AvgIpc) is 2.82. The Hall–Kier alpha value is -1.59. The molecule has 0 spiro atoms. The SMILES string of the molecule is CC1(C)C(=O)NC(=O)N1CC(=O)N1CCCC1. The summed E-state index contributed by atoms with van der Waals surface area (Å²) in [6, 6.07) is -0.479. The monoisotopic (exact) mass is 239 g/mol. The fourth-order valence-corrected chi connectivity index (χ4v) is 2.17. The number of amides is 4. The number of likely N-dealkylation sites (tertiary alicyclic amines) is 1.